The van der Waals surface area contributed by atoms with Crippen molar-refractivity contribution in [2.24, 2.45) is 5.10 Å². The van der Waals surface area contributed by atoms with E-state index in [9.17, 15) is 9.59 Å². The van der Waals surface area contributed by atoms with E-state index < -0.39 is 0 Å². The average molecular weight is 335 g/mol. The molecule has 0 saturated carbocycles. The third-order valence-electron chi connectivity index (χ3n) is 2.71. The van der Waals surface area contributed by atoms with Gasteiger partial charge >= 0.3 is 0 Å². The molecule has 0 aliphatic carbocycles. The largest absolute Gasteiger partial charge is 0.463 e. The normalized spacial score (nSPS) is 10.8. The van der Waals surface area contributed by atoms with Crippen LogP contribution >= 0.6 is 11.3 Å². The number of anilines is 1. The van der Waals surface area contributed by atoms with E-state index in [-0.39, 0.29) is 18.2 Å². The highest BCUT2D eigenvalue weighted by molar-refractivity contribution is 7.15. The van der Waals surface area contributed by atoms with E-state index in [0.29, 0.717) is 22.3 Å². The van der Waals surface area contributed by atoms with Crippen molar-refractivity contribution in [2.45, 2.75) is 32.6 Å². The van der Waals surface area contributed by atoms with Crippen molar-refractivity contribution >= 4 is 34.5 Å². The summed E-state index contributed by atoms with van der Waals surface area (Å²) in [5.74, 6) is 0.119. The molecule has 0 unspecified atom stereocenters. The van der Waals surface area contributed by atoms with Crippen molar-refractivity contribution in [2.75, 3.05) is 5.32 Å². The molecular formula is C14H17N5O3S. The average Bonchev–Trinajstić information content (AvgIpc) is 3.17. The molecule has 0 radical (unpaired) electrons. The fraction of sp³-hybridized carbons (Fsp3) is 0.357. The first-order valence-electron chi connectivity index (χ1n) is 7.15. The van der Waals surface area contributed by atoms with Gasteiger partial charge < -0.3 is 9.73 Å². The van der Waals surface area contributed by atoms with Crippen molar-refractivity contribution in [1.82, 2.24) is 15.6 Å². The van der Waals surface area contributed by atoms with Gasteiger partial charge in [-0.05, 0) is 18.6 Å². The second-order valence-corrected chi connectivity index (χ2v) is 5.70. The summed E-state index contributed by atoms with van der Waals surface area (Å²) in [5, 5.41) is 15.0. The molecule has 0 fully saturated rings. The number of hydrogen-bond acceptors (Lipinski definition) is 7. The van der Waals surface area contributed by atoms with Crippen LogP contribution in [0, 0.1) is 0 Å². The molecule has 0 saturated heterocycles. The predicted octanol–water partition coefficient (Wildman–Crippen LogP) is 1.95. The molecule has 0 aromatic carbocycles. The number of unbranched alkanes of at least 4 members (excludes halogenated alkanes) is 1. The lowest BCUT2D eigenvalue weighted by molar-refractivity contribution is -0.120. The molecule has 0 aliphatic rings. The number of nitrogens with zero attached hydrogens (tertiary/aromatic N) is 3. The van der Waals surface area contributed by atoms with Crippen LogP contribution < -0.4 is 10.7 Å². The molecule has 2 aromatic rings. The van der Waals surface area contributed by atoms with Gasteiger partial charge in [-0.1, -0.05) is 24.7 Å². The Hall–Kier alpha value is -2.55. The van der Waals surface area contributed by atoms with Gasteiger partial charge in [0.05, 0.1) is 18.9 Å². The molecule has 2 heterocycles. The van der Waals surface area contributed by atoms with Crippen LogP contribution in [0.3, 0.4) is 0 Å². The lowest BCUT2D eigenvalue weighted by Gasteiger charge is -1.98. The summed E-state index contributed by atoms with van der Waals surface area (Å²) in [7, 11) is 0. The minimum absolute atomic E-state index is 0.0397. The summed E-state index contributed by atoms with van der Waals surface area (Å²) in [5.41, 5.74) is 2.37. The highest BCUT2D eigenvalue weighted by atomic mass is 32.1. The van der Waals surface area contributed by atoms with E-state index in [1.165, 1.54) is 23.8 Å². The number of aromatic nitrogens is 2. The Kier molecular flexibility index (Phi) is 6.42. The number of nitrogens with one attached hydrogen (secondary N) is 2. The molecule has 2 amide bonds. The van der Waals surface area contributed by atoms with Gasteiger partial charge in [-0.2, -0.15) is 5.10 Å². The maximum absolute atomic E-state index is 11.7. The zero-order valence-electron chi connectivity index (χ0n) is 12.6. The molecule has 2 N–H and O–H groups in total. The van der Waals surface area contributed by atoms with E-state index in [2.05, 4.69) is 26.0 Å². The molecule has 122 valence electrons. The summed E-state index contributed by atoms with van der Waals surface area (Å²) in [6, 6.07) is 3.44. The van der Waals surface area contributed by atoms with Crippen molar-refractivity contribution in [3.05, 3.63) is 29.2 Å². The molecule has 8 nitrogen and oxygen atoms in total. The lowest BCUT2D eigenvalue weighted by atomic mass is 10.2. The minimum atomic E-state index is -0.326. The molecule has 9 heteroatoms. The number of furan rings is 1. The molecule has 0 spiro atoms. The van der Waals surface area contributed by atoms with Gasteiger partial charge in [0.25, 0.3) is 0 Å². The first kappa shape index (κ1) is 16.8. The standard InChI is InChI=1S/C14H17N5O3S/c1-2-3-6-11(20)16-14-19-18-13(23-14)8-12(21)17-15-9-10-5-4-7-22-10/h4-5,7,9H,2-3,6,8H2,1H3,(H,17,21)(H,16,19,20)/b15-9-. The van der Waals surface area contributed by atoms with Gasteiger partial charge in [0.2, 0.25) is 16.9 Å². The Balaban J connectivity index is 1.77. The zero-order chi connectivity index (χ0) is 16.5. The van der Waals surface area contributed by atoms with Crippen LogP contribution in [0.4, 0.5) is 5.13 Å². The molecule has 2 aromatic heterocycles. The Bertz CT molecular complexity index is 666. The van der Waals surface area contributed by atoms with Crippen LogP contribution in [0.2, 0.25) is 0 Å². The monoisotopic (exact) mass is 335 g/mol. The molecular weight excluding hydrogens is 318 g/mol. The van der Waals surface area contributed by atoms with Crippen molar-refractivity contribution in [1.29, 1.82) is 0 Å². The highest BCUT2D eigenvalue weighted by Gasteiger charge is 2.11. The smallest absolute Gasteiger partial charge is 0.247 e. The number of carbonyl (C=O) groups excluding carboxylic acids is 2. The summed E-state index contributed by atoms with van der Waals surface area (Å²) in [6.07, 6.45) is 5.19. The Morgan fingerprint density at radius 1 is 1.39 bits per heavy atom. The first-order chi connectivity index (χ1) is 11.2. The van der Waals surface area contributed by atoms with Crippen LogP contribution in [-0.4, -0.2) is 28.2 Å². The maximum Gasteiger partial charge on any atom is 0.247 e. The van der Waals surface area contributed by atoms with E-state index in [0.717, 1.165) is 12.8 Å². The van der Waals surface area contributed by atoms with Crippen LogP contribution in [0.15, 0.2) is 27.9 Å². The van der Waals surface area contributed by atoms with Gasteiger partial charge in [0, 0.05) is 6.42 Å². The van der Waals surface area contributed by atoms with Crippen molar-refractivity contribution < 1.29 is 14.0 Å². The predicted molar refractivity (Wildman–Crippen MR) is 86.2 cm³/mol. The van der Waals surface area contributed by atoms with Crippen molar-refractivity contribution in [3.8, 4) is 0 Å². The van der Waals surface area contributed by atoms with E-state index in [1.54, 1.807) is 12.1 Å². The SMILES string of the molecule is CCCCC(=O)Nc1nnc(CC(=O)N/N=C\c2ccco2)s1. The minimum Gasteiger partial charge on any atom is -0.463 e. The summed E-state index contributed by atoms with van der Waals surface area (Å²) >= 11 is 1.17. The molecule has 2 rings (SSSR count). The fourth-order valence-corrected chi connectivity index (χ4v) is 2.36. The van der Waals surface area contributed by atoms with E-state index >= 15 is 0 Å². The number of hydrogen-bond donors (Lipinski definition) is 2. The van der Waals surface area contributed by atoms with Gasteiger partial charge in [0.1, 0.15) is 10.8 Å². The summed E-state index contributed by atoms with van der Waals surface area (Å²) in [6.45, 7) is 2.02. The summed E-state index contributed by atoms with van der Waals surface area (Å²) < 4.78 is 5.04. The molecule has 0 bridgehead atoms. The number of rotatable bonds is 8. The number of amides is 2. The summed E-state index contributed by atoms with van der Waals surface area (Å²) in [4.78, 5) is 23.3. The van der Waals surface area contributed by atoms with Gasteiger partial charge in [0.15, 0.2) is 0 Å². The Morgan fingerprint density at radius 2 is 2.26 bits per heavy atom. The third kappa shape index (κ3) is 5.99. The second kappa shape index (κ2) is 8.79. The molecule has 23 heavy (non-hydrogen) atoms. The fourth-order valence-electron chi connectivity index (χ4n) is 1.60. The number of hydrazone groups is 1. The van der Waals surface area contributed by atoms with Crippen LogP contribution in [0.1, 0.15) is 37.0 Å². The van der Waals surface area contributed by atoms with Gasteiger partial charge in [-0.3, -0.25) is 9.59 Å². The van der Waals surface area contributed by atoms with Gasteiger partial charge in [-0.15, -0.1) is 10.2 Å². The van der Waals surface area contributed by atoms with E-state index in [4.69, 9.17) is 4.42 Å². The maximum atomic E-state index is 11.7. The highest BCUT2D eigenvalue weighted by Crippen LogP contribution is 2.16. The second-order valence-electron chi connectivity index (χ2n) is 4.64. The topological polar surface area (TPSA) is 109 Å². The molecule has 0 aliphatic heterocycles. The third-order valence-corrected chi connectivity index (χ3v) is 3.55. The van der Waals surface area contributed by atoms with Gasteiger partial charge in [-0.25, -0.2) is 5.43 Å². The Morgan fingerprint density at radius 3 is 3.00 bits per heavy atom. The molecule has 0 atom stereocenters. The van der Waals surface area contributed by atoms with Crippen LogP contribution in [-0.2, 0) is 16.0 Å². The Labute approximate surface area is 137 Å². The van der Waals surface area contributed by atoms with Crippen LogP contribution in [0.5, 0.6) is 0 Å². The quantitative estimate of drug-likeness (QED) is 0.566. The van der Waals surface area contributed by atoms with Crippen LogP contribution in [0.25, 0.3) is 0 Å². The van der Waals surface area contributed by atoms with E-state index in [1.807, 2.05) is 6.92 Å². The number of carbonyl (C=O) groups is 2. The van der Waals surface area contributed by atoms with Crippen molar-refractivity contribution in [3.63, 3.8) is 0 Å². The lowest BCUT2D eigenvalue weighted by Crippen LogP contribution is -2.19. The zero-order valence-corrected chi connectivity index (χ0v) is 13.4. The first-order valence-corrected chi connectivity index (χ1v) is 7.96.